The molecule has 7 heteroatoms. The third kappa shape index (κ3) is 5.40. The highest BCUT2D eigenvalue weighted by Crippen LogP contribution is 2.33. The number of hydrazine groups is 1. The normalized spacial score (nSPS) is 12.9. The van der Waals surface area contributed by atoms with Gasteiger partial charge in [0.15, 0.2) is 0 Å². The first kappa shape index (κ1) is 26.2. The topological polar surface area (TPSA) is 74.8 Å². The summed E-state index contributed by atoms with van der Waals surface area (Å²) in [6, 6.07) is 35.0. The van der Waals surface area contributed by atoms with Gasteiger partial charge in [0.05, 0.1) is 29.6 Å². The van der Waals surface area contributed by atoms with Crippen molar-refractivity contribution < 1.29 is 14.3 Å². The van der Waals surface area contributed by atoms with Crippen LogP contribution in [0.2, 0.25) is 0 Å². The number of pyridine rings is 1. The standard InChI is InChI=1S/C34H30N4O3/c1-41-34(40)38(27-16-6-3-7-17-27)36-33(39)31-28-18-10-11-19-30(28)35-32(25-13-4-2-5-14-25)29(31)23-37-21-20-24-12-8-9-15-26(24)22-37/h2-19H,20-23H2,1H3,(H,36,39). The molecule has 0 spiro atoms. The second-order valence-electron chi connectivity index (χ2n) is 10.0. The Bertz CT molecular complexity index is 1710. The van der Waals surface area contributed by atoms with Gasteiger partial charge in [0.25, 0.3) is 5.91 Å². The number of rotatable bonds is 5. The zero-order valence-corrected chi connectivity index (χ0v) is 22.8. The van der Waals surface area contributed by atoms with E-state index in [0.717, 1.165) is 46.7 Å². The fraction of sp³-hybridized carbons (Fsp3) is 0.147. The lowest BCUT2D eigenvalue weighted by Gasteiger charge is -2.30. The van der Waals surface area contributed by atoms with E-state index in [1.165, 1.54) is 18.2 Å². The van der Waals surface area contributed by atoms with Crippen molar-refractivity contribution in [2.24, 2.45) is 0 Å². The molecule has 5 aromatic rings. The predicted octanol–water partition coefficient (Wildman–Crippen LogP) is 6.38. The molecule has 0 saturated heterocycles. The molecule has 1 aliphatic heterocycles. The lowest BCUT2D eigenvalue weighted by atomic mass is 9.94. The van der Waals surface area contributed by atoms with Gasteiger partial charge in [0.2, 0.25) is 0 Å². The second-order valence-corrected chi connectivity index (χ2v) is 10.0. The summed E-state index contributed by atoms with van der Waals surface area (Å²) < 4.78 is 5.02. The smallest absolute Gasteiger partial charge is 0.433 e. The van der Waals surface area contributed by atoms with Gasteiger partial charge in [-0.3, -0.25) is 15.1 Å². The van der Waals surface area contributed by atoms with Gasteiger partial charge in [-0.25, -0.2) is 9.78 Å². The van der Waals surface area contributed by atoms with Crippen LogP contribution in [0, 0.1) is 0 Å². The van der Waals surface area contributed by atoms with Crippen molar-refractivity contribution in [2.45, 2.75) is 19.5 Å². The van der Waals surface area contributed by atoms with E-state index < -0.39 is 12.0 Å². The zero-order valence-electron chi connectivity index (χ0n) is 22.8. The third-order valence-corrected chi connectivity index (χ3v) is 7.44. The minimum Gasteiger partial charge on any atom is -0.451 e. The fourth-order valence-corrected chi connectivity index (χ4v) is 5.45. The molecule has 0 bridgehead atoms. The van der Waals surface area contributed by atoms with Crippen LogP contribution >= 0.6 is 0 Å². The van der Waals surface area contributed by atoms with Crippen LogP contribution in [0.4, 0.5) is 10.5 Å². The van der Waals surface area contributed by atoms with Gasteiger partial charge in [0.1, 0.15) is 0 Å². The number of para-hydroxylation sites is 2. The minimum atomic E-state index is -0.694. The van der Waals surface area contributed by atoms with Gasteiger partial charge in [-0.05, 0) is 35.7 Å². The number of nitrogens with one attached hydrogen (secondary N) is 1. The number of nitrogens with zero attached hydrogens (tertiary/aromatic N) is 3. The highest BCUT2D eigenvalue weighted by molar-refractivity contribution is 6.10. The number of anilines is 1. The molecule has 7 nitrogen and oxygen atoms in total. The monoisotopic (exact) mass is 542 g/mol. The molecule has 0 aliphatic carbocycles. The maximum absolute atomic E-state index is 14.3. The van der Waals surface area contributed by atoms with Gasteiger partial charge < -0.3 is 4.74 Å². The molecule has 0 radical (unpaired) electrons. The number of methoxy groups -OCH3 is 1. The van der Waals surface area contributed by atoms with Crippen molar-refractivity contribution >= 4 is 28.6 Å². The lowest BCUT2D eigenvalue weighted by Crippen LogP contribution is -2.47. The minimum absolute atomic E-state index is 0.414. The Kier molecular flexibility index (Phi) is 7.43. The predicted molar refractivity (Wildman–Crippen MR) is 160 cm³/mol. The van der Waals surface area contributed by atoms with Crippen LogP contribution in [0.1, 0.15) is 27.0 Å². The summed E-state index contributed by atoms with van der Waals surface area (Å²) in [6.07, 6.45) is 0.240. The number of benzene rings is 4. The third-order valence-electron chi connectivity index (χ3n) is 7.44. The average Bonchev–Trinajstić information content (AvgIpc) is 3.03. The lowest BCUT2D eigenvalue weighted by molar-refractivity contribution is 0.0940. The molecule has 0 atom stereocenters. The van der Waals surface area contributed by atoms with Crippen molar-refractivity contribution in [1.82, 2.24) is 15.3 Å². The molecule has 0 fully saturated rings. The SMILES string of the molecule is COC(=O)N(NC(=O)c1c(CN2CCc3ccccc3C2)c(-c2ccccc2)nc2ccccc12)c1ccccc1. The van der Waals surface area contributed by atoms with Gasteiger partial charge in [0, 0.05) is 36.1 Å². The van der Waals surface area contributed by atoms with Crippen LogP contribution in [0.5, 0.6) is 0 Å². The van der Waals surface area contributed by atoms with Crippen LogP contribution in [0.15, 0.2) is 109 Å². The van der Waals surface area contributed by atoms with Gasteiger partial charge >= 0.3 is 6.09 Å². The molecule has 6 rings (SSSR count). The first-order valence-corrected chi connectivity index (χ1v) is 13.6. The summed E-state index contributed by atoms with van der Waals surface area (Å²) >= 11 is 0. The second kappa shape index (κ2) is 11.6. The first-order chi connectivity index (χ1) is 20.1. The maximum Gasteiger partial charge on any atom is 0.433 e. The number of fused-ring (bicyclic) bond motifs is 2. The highest BCUT2D eigenvalue weighted by atomic mass is 16.5. The van der Waals surface area contributed by atoms with Crippen molar-refractivity contribution in [3.05, 3.63) is 131 Å². The molecule has 204 valence electrons. The molecule has 2 amide bonds. The van der Waals surface area contributed by atoms with Gasteiger partial charge in [-0.1, -0.05) is 91.0 Å². The Morgan fingerprint density at radius 2 is 1.51 bits per heavy atom. The summed E-state index contributed by atoms with van der Waals surface area (Å²) in [5.74, 6) is -0.414. The highest BCUT2D eigenvalue weighted by Gasteiger charge is 2.27. The molecule has 1 aromatic heterocycles. The van der Waals surface area contributed by atoms with E-state index in [-0.39, 0.29) is 0 Å². The Hall–Kier alpha value is -5.01. The van der Waals surface area contributed by atoms with E-state index in [9.17, 15) is 9.59 Å². The number of hydrogen-bond acceptors (Lipinski definition) is 5. The summed E-state index contributed by atoms with van der Waals surface area (Å²) in [5, 5.41) is 1.86. The number of ether oxygens (including phenoxy) is 1. The molecule has 0 unspecified atom stereocenters. The van der Waals surface area contributed by atoms with Crippen LogP contribution in [0.25, 0.3) is 22.2 Å². The van der Waals surface area contributed by atoms with Crippen LogP contribution in [-0.4, -0.2) is 35.5 Å². The van der Waals surface area contributed by atoms with E-state index in [1.54, 1.807) is 24.3 Å². The Morgan fingerprint density at radius 1 is 0.854 bits per heavy atom. The molecule has 2 heterocycles. The molecular formula is C34H30N4O3. The summed E-state index contributed by atoms with van der Waals surface area (Å²) in [7, 11) is 1.29. The molecule has 41 heavy (non-hydrogen) atoms. The van der Waals surface area contributed by atoms with E-state index in [0.29, 0.717) is 23.3 Å². The van der Waals surface area contributed by atoms with Crippen LogP contribution in [-0.2, 0) is 24.2 Å². The van der Waals surface area contributed by atoms with Gasteiger partial charge in [-0.2, -0.15) is 5.01 Å². The van der Waals surface area contributed by atoms with Crippen molar-refractivity contribution in [1.29, 1.82) is 0 Å². The fourth-order valence-electron chi connectivity index (χ4n) is 5.45. The van der Waals surface area contributed by atoms with E-state index in [1.807, 2.05) is 60.7 Å². The van der Waals surface area contributed by atoms with E-state index in [2.05, 4.69) is 34.6 Å². The molecular weight excluding hydrogens is 512 g/mol. The summed E-state index contributed by atoms with van der Waals surface area (Å²) in [4.78, 5) is 34.5. The summed E-state index contributed by atoms with van der Waals surface area (Å²) in [5.41, 5.74) is 9.65. The molecule has 1 aliphatic rings. The zero-order chi connectivity index (χ0) is 28.2. The van der Waals surface area contributed by atoms with E-state index >= 15 is 0 Å². The average molecular weight is 543 g/mol. The van der Waals surface area contributed by atoms with Crippen LogP contribution in [0.3, 0.4) is 0 Å². The Morgan fingerprint density at radius 3 is 2.27 bits per heavy atom. The number of carbonyl (C=O) groups excluding carboxylic acids is 2. The van der Waals surface area contributed by atoms with Crippen molar-refractivity contribution in [3.8, 4) is 11.3 Å². The molecule has 4 aromatic carbocycles. The summed E-state index contributed by atoms with van der Waals surface area (Å²) in [6.45, 7) is 2.15. The Balaban J connectivity index is 1.49. The number of hydrogen-bond donors (Lipinski definition) is 1. The van der Waals surface area contributed by atoms with Crippen molar-refractivity contribution in [2.75, 3.05) is 18.7 Å². The largest absolute Gasteiger partial charge is 0.451 e. The van der Waals surface area contributed by atoms with E-state index in [4.69, 9.17) is 9.72 Å². The number of carbonyl (C=O) groups is 2. The maximum atomic E-state index is 14.3. The van der Waals surface area contributed by atoms with Gasteiger partial charge in [-0.15, -0.1) is 0 Å². The molecule has 0 saturated carbocycles. The number of aromatic nitrogens is 1. The van der Waals surface area contributed by atoms with Crippen molar-refractivity contribution in [3.63, 3.8) is 0 Å². The first-order valence-electron chi connectivity index (χ1n) is 13.6. The Labute approximate surface area is 239 Å². The molecule has 1 N–H and O–H groups in total. The number of amides is 2. The quantitative estimate of drug-likeness (QED) is 0.261. The van der Waals surface area contributed by atoms with Crippen LogP contribution < -0.4 is 10.4 Å².